The number of nitrogens with zero attached hydrogens (tertiary/aromatic N) is 4. The smallest absolute Gasteiger partial charge is 0.320 e. The van der Waals surface area contributed by atoms with Crippen molar-refractivity contribution in [1.29, 1.82) is 0 Å². The average molecular weight is 685 g/mol. The number of likely N-dealkylation sites (tertiary alicyclic amines) is 1. The molecule has 4 heterocycles. The van der Waals surface area contributed by atoms with Crippen LogP contribution in [0.4, 0.5) is 10.6 Å². The molecule has 2 unspecified atom stereocenters. The number of carbonyl (C=O) groups excluding carboxylic acids is 2. The number of aromatic nitrogens is 3. The molecule has 0 aliphatic carbocycles. The van der Waals surface area contributed by atoms with Gasteiger partial charge in [-0.05, 0) is 33.3 Å². The Morgan fingerprint density at radius 2 is 1.65 bits per heavy atom. The van der Waals surface area contributed by atoms with E-state index in [1.54, 1.807) is 19.2 Å². The lowest BCUT2D eigenvalue weighted by Gasteiger charge is -2.45. The number of hydrogen-bond acceptors (Lipinski definition) is 5. The van der Waals surface area contributed by atoms with Crippen LogP contribution in [0.3, 0.4) is 0 Å². The van der Waals surface area contributed by atoms with Crippen LogP contribution >= 0.6 is 11.6 Å². The van der Waals surface area contributed by atoms with E-state index in [1.807, 2.05) is 27.9 Å². The first-order valence-electron chi connectivity index (χ1n) is 16.6. The Kier molecular flexibility index (Phi) is 9.28. The molecule has 2 aromatic carbocycles. The van der Waals surface area contributed by atoms with Crippen LogP contribution in [0.1, 0.15) is 47.2 Å². The summed E-state index contributed by atoms with van der Waals surface area (Å²) in [5.74, 6) is 0.264. The molecular weight excluding hydrogens is 640 g/mol. The number of carbonyl (C=O) groups is 2. The zero-order chi connectivity index (χ0) is 34.3. The Morgan fingerprint density at radius 3 is 2.25 bits per heavy atom. The summed E-state index contributed by atoms with van der Waals surface area (Å²) in [6, 6.07) is 22.4. The molecule has 2 aliphatic rings. The summed E-state index contributed by atoms with van der Waals surface area (Å²) in [7, 11) is -2.89. The number of rotatable bonds is 8. The number of anilines is 1. The number of fused-ring (bicyclic) bond motifs is 1. The molecule has 0 bridgehead atoms. The van der Waals surface area contributed by atoms with Gasteiger partial charge in [0.25, 0.3) is 8.32 Å². The summed E-state index contributed by atoms with van der Waals surface area (Å²) in [5, 5.41) is 13.1. The lowest BCUT2D eigenvalue weighted by molar-refractivity contribution is -0.128. The second-order valence-electron chi connectivity index (χ2n) is 14.9. The molecule has 4 aromatic rings. The fraction of sp³-hybridized carbons (Fsp3) is 0.405. The van der Waals surface area contributed by atoms with Gasteiger partial charge < -0.3 is 14.6 Å². The summed E-state index contributed by atoms with van der Waals surface area (Å²) >= 11 is 6.60. The molecule has 2 aliphatic heterocycles. The summed E-state index contributed by atoms with van der Waals surface area (Å²) < 4.78 is 9.47. The van der Waals surface area contributed by atoms with Crippen LogP contribution in [0.2, 0.25) is 10.1 Å². The standard InChI is InChI=1S/C37H45ClN6O3Si/c1-25(45)43-22-26(33(23-43)47-48(36(2,3)4,27-13-9-7-10-14-27)28-15-11-8-12-16-28)19-40-35(46)42-34-17-29(31(38)21-39-34)30-20-41-44-24-37(5,6)18-32(30)44/h7-17,20-21,26,33H,18-19,22-24H2,1-6H3,(H2,39,40,42,46). The fourth-order valence-corrected chi connectivity index (χ4v) is 12.3. The highest BCUT2D eigenvalue weighted by molar-refractivity contribution is 6.99. The molecule has 1 fully saturated rings. The molecule has 2 aromatic heterocycles. The van der Waals surface area contributed by atoms with Crippen molar-refractivity contribution in [3.05, 3.63) is 89.8 Å². The predicted octanol–water partition coefficient (Wildman–Crippen LogP) is 5.73. The molecule has 9 nitrogen and oxygen atoms in total. The van der Waals surface area contributed by atoms with E-state index >= 15 is 0 Å². The fourth-order valence-electron chi connectivity index (χ4n) is 7.32. The molecule has 3 amide bonds. The minimum atomic E-state index is -2.89. The molecule has 252 valence electrons. The highest BCUT2D eigenvalue weighted by atomic mass is 35.5. The number of urea groups is 1. The first-order valence-corrected chi connectivity index (χ1v) is 18.9. The minimum Gasteiger partial charge on any atom is -0.402 e. The Hall–Kier alpha value is -3.99. The van der Waals surface area contributed by atoms with Crippen molar-refractivity contribution in [2.45, 2.75) is 65.7 Å². The maximum atomic E-state index is 13.3. The van der Waals surface area contributed by atoms with Crippen molar-refractivity contribution < 1.29 is 14.0 Å². The summed E-state index contributed by atoms with van der Waals surface area (Å²) in [6.45, 7) is 14.9. The summed E-state index contributed by atoms with van der Waals surface area (Å²) in [5.41, 5.74) is 2.99. The maximum Gasteiger partial charge on any atom is 0.320 e. The third-order valence-electron chi connectivity index (χ3n) is 9.66. The molecular formula is C37H45ClN6O3Si. The Bertz CT molecular complexity index is 1750. The lowest BCUT2D eigenvalue weighted by atomic mass is 9.89. The van der Waals surface area contributed by atoms with Crippen molar-refractivity contribution in [3.63, 3.8) is 0 Å². The van der Waals surface area contributed by atoms with Gasteiger partial charge in [-0.2, -0.15) is 5.10 Å². The molecule has 2 N–H and O–H groups in total. The average Bonchev–Trinajstić information content (AvgIpc) is 3.71. The quantitative estimate of drug-likeness (QED) is 0.231. The van der Waals surface area contributed by atoms with Crippen LogP contribution in [0.5, 0.6) is 0 Å². The molecule has 11 heteroatoms. The van der Waals surface area contributed by atoms with Gasteiger partial charge in [0.15, 0.2) is 0 Å². The second-order valence-corrected chi connectivity index (χ2v) is 19.6. The Balaban J connectivity index is 1.22. The van der Waals surface area contributed by atoms with E-state index < -0.39 is 8.32 Å². The monoisotopic (exact) mass is 684 g/mol. The SMILES string of the molecule is CC(=O)N1CC(CNC(=O)Nc2cc(-c3cnn4c3CC(C)(C)C4)c(Cl)cn2)C(O[Si](c2ccccc2)(c2ccccc2)C(C)(C)C)C1. The molecule has 1 saturated heterocycles. The van der Waals surface area contributed by atoms with E-state index in [0.29, 0.717) is 30.5 Å². The van der Waals surface area contributed by atoms with Crippen LogP contribution in [0.25, 0.3) is 11.1 Å². The third-order valence-corrected chi connectivity index (χ3v) is 15.0. The van der Waals surface area contributed by atoms with Gasteiger partial charge in [0.05, 0.1) is 17.3 Å². The number of halogens is 1. The van der Waals surface area contributed by atoms with Gasteiger partial charge in [0, 0.05) is 62.0 Å². The summed E-state index contributed by atoms with van der Waals surface area (Å²) in [4.78, 5) is 32.2. The normalized spacial score (nSPS) is 18.9. The molecule has 0 radical (unpaired) electrons. The third kappa shape index (κ3) is 6.66. The van der Waals surface area contributed by atoms with E-state index in [2.05, 4.69) is 104 Å². The molecule has 0 spiro atoms. The molecule has 0 saturated carbocycles. The second kappa shape index (κ2) is 13.1. The number of benzene rings is 2. The van der Waals surface area contributed by atoms with Gasteiger partial charge in [0.2, 0.25) is 5.91 Å². The van der Waals surface area contributed by atoms with Crippen molar-refractivity contribution in [2.75, 3.05) is 25.0 Å². The Labute approximate surface area is 289 Å². The van der Waals surface area contributed by atoms with Gasteiger partial charge in [0.1, 0.15) is 5.82 Å². The van der Waals surface area contributed by atoms with Gasteiger partial charge >= 0.3 is 6.03 Å². The minimum absolute atomic E-state index is 0.00840. The number of nitrogens with one attached hydrogen (secondary N) is 2. The Morgan fingerprint density at radius 1 is 1.00 bits per heavy atom. The van der Waals surface area contributed by atoms with Gasteiger partial charge in [-0.25, -0.2) is 9.78 Å². The van der Waals surface area contributed by atoms with E-state index in [1.165, 1.54) is 10.4 Å². The van der Waals surface area contributed by atoms with Crippen LogP contribution in [0.15, 0.2) is 79.1 Å². The first-order chi connectivity index (χ1) is 22.8. The zero-order valence-electron chi connectivity index (χ0n) is 28.6. The largest absolute Gasteiger partial charge is 0.402 e. The highest BCUT2D eigenvalue weighted by Crippen LogP contribution is 2.40. The predicted molar refractivity (Wildman–Crippen MR) is 193 cm³/mol. The van der Waals surface area contributed by atoms with E-state index in [4.69, 9.17) is 16.0 Å². The summed E-state index contributed by atoms with van der Waals surface area (Å²) in [6.07, 6.45) is 4.00. The number of pyridine rings is 1. The van der Waals surface area contributed by atoms with E-state index in [9.17, 15) is 9.59 Å². The van der Waals surface area contributed by atoms with Crippen LogP contribution in [-0.4, -0.2) is 65.7 Å². The molecule has 48 heavy (non-hydrogen) atoms. The maximum absolute atomic E-state index is 13.3. The zero-order valence-corrected chi connectivity index (χ0v) is 30.3. The van der Waals surface area contributed by atoms with E-state index in [-0.39, 0.29) is 34.4 Å². The first kappa shape index (κ1) is 33.9. The molecule has 6 rings (SSSR count). The van der Waals surface area contributed by atoms with Crippen LogP contribution in [0, 0.1) is 11.3 Å². The van der Waals surface area contributed by atoms with Crippen LogP contribution < -0.4 is 21.0 Å². The number of hydrogen-bond donors (Lipinski definition) is 2. The van der Waals surface area contributed by atoms with Crippen molar-refractivity contribution in [3.8, 4) is 11.1 Å². The van der Waals surface area contributed by atoms with Crippen LogP contribution in [-0.2, 0) is 22.2 Å². The topological polar surface area (TPSA) is 101 Å². The highest BCUT2D eigenvalue weighted by Gasteiger charge is 2.53. The van der Waals surface area contributed by atoms with E-state index in [0.717, 1.165) is 29.8 Å². The molecule has 2 atom stereocenters. The van der Waals surface area contributed by atoms with Crippen molar-refractivity contribution in [2.24, 2.45) is 11.3 Å². The van der Waals surface area contributed by atoms with Gasteiger partial charge in [-0.3, -0.25) is 14.8 Å². The van der Waals surface area contributed by atoms with Gasteiger partial charge in [-0.15, -0.1) is 0 Å². The van der Waals surface area contributed by atoms with Crippen molar-refractivity contribution >= 4 is 48.0 Å². The van der Waals surface area contributed by atoms with Crippen molar-refractivity contribution in [1.82, 2.24) is 25.0 Å². The lowest BCUT2D eigenvalue weighted by Crippen LogP contribution is -2.68. The van der Waals surface area contributed by atoms with Gasteiger partial charge in [-0.1, -0.05) is 107 Å². The number of amides is 3.